The van der Waals surface area contributed by atoms with Crippen LogP contribution in [0.5, 0.6) is 0 Å². The molecule has 1 aromatic carbocycles. The highest BCUT2D eigenvalue weighted by Gasteiger charge is 2.38. The fraction of sp³-hybridized carbons (Fsp3) is 0.467. The van der Waals surface area contributed by atoms with Crippen LogP contribution in [0.1, 0.15) is 38.0 Å². The minimum Gasteiger partial charge on any atom is -0.329 e. The van der Waals surface area contributed by atoms with Crippen LogP contribution in [-0.2, 0) is 16.0 Å². The van der Waals surface area contributed by atoms with Crippen LogP contribution in [0.4, 0.5) is 13.2 Å². The molecule has 24 heavy (non-hydrogen) atoms. The maximum absolute atomic E-state index is 12.7. The first-order chi connectivity index (χ1) is 11.3. The number of hydrogen-bond donors (Lipinski definition) is 0. The summed E-state index contributed by atoms with van der Waals surface area (Å²) in [5.41, 5.74) is 0.172. The highest BCUT2D eigenvalue weighted by molar-refractivity contribution is 7.92. The number of rotatable bonds is 3. The van der Waals surface area contributed by atoms with Crippen molar-refractivity contribution in [3.63, 3.8) is 0 Å². The zero-order valence-electron chi connectivity index (χ0n) is 12.6. The van der Waals surface area contributed by atoms with Gasteiger partial charge in [-0.2, -0.15) is 18.2 Å². The molecule has 5 nitrogen and oxygen atoms in total. The molecule has 1 fully saturated rings. The predicted octanol–water partition coefficient (Wildman–Crippen LogP) is 3.86. The Morgan fingerprint density at radius 2 is 1.83 bits per heavy atom. The van der Waals surface area contributed by atoms with E-state index in [0.29, 0.717) is 12.8 Å². The van der Waals surface area contributed by atoms with E-state index in [1.54, 1.807) is 0 Å². The lowest BCUT2D eigenvalue weighted by Crippen LogP contribution is -2.24. The monoisotopic (exact) mass is 360 g/mol. The van der Waals surface area contributed by atoms with Gasteiger partial charge < -0.3 is 4.52 Å². The van der Waals surface area contributed by atoms with Gasteiger partial charge in [-0.25, -0.2) is 8.42 Å². The largest absolute Gasteiger partial charge is 0.471 e. The van der Waals surface area contributed by atoms with Crippen molar-refractivity contribution in [1.82, 2.24) is 10.1 Å². The summed E-state index contributed by atoms with van der Waals surface area (Å²) in [6.07, 6.45) is -0.779. The van der Waals surface area contributed by atoms with Gasteiger partial charge in [-0.15, -0.1) is 0 Å². The molecule has 1 aromatic heterocycles. The molecule has 1 aliphatic carbocycles. The van der Waals surface area contributed by atoms with E-state index in [1.165, 1.54) is 24.3 Å². The molecule has 2 aromatic rings. The molecule has 1 heterocycles. The quantitative estimate of drug-likeness (QED) is 0.831. The Kier molecular flexibility index (Phi) is 4.37. The SMILES string of the molecule is O=S(=O)(c1cccc(-c2noc(C(F)(F)F)n2)c1)C1CCCCC1. The number of benzene rings is 1. The average molecular weight is 360 g/mol. The molecule has 0 N–H and O–H groups in total. The van der Waals surface area contributed by atoms with E-state index in [0.717, 1.165) is 19.3 Å². The fourth-order valence-electron chi connectivity index (χ4n) is 2.84. The Bertz CT molecular complexity index is 824. The molecule has 1 saturated carbocycles. The Morgan fingerprint density at radius 1 is 1.12 bits per heavy atom. The van der Waals surface area contributed by atoms with E-state index in [-0.39, 0.29) is 16.3 Å². The number of nitrogens with zero attached hydrogens (tertiary/aromatic N) is 2. The van der Waals surface area contributed by atoms with Crippen molar-refractivity contribution in [1.29, 1.82) is 0 Å². The zero-order valence-corrected chi connectivity index (χ0v) is 13.4. The van der Waals surface area contributed by atoms with Crippen LogP contribution in [0, 0.1) is 0 Å². The zero-order chi connectivity index (χ0) is 17.4. The van der Waals surface area contributed by atoms with Crippen molar-refractivity contribution >= 4 is 9.84 Å². The van der Waals surface area contributed by atoms with Crippen LogP contribution in [0.15, 0.2) is 33.7 Å². The van der Waals surface area contributed by atoms with E-state index >= 15 is 0 Å². The molecule has 0 radical (unpaired) electrons. The summed E-state index contributed by atoms with van der Waals surface area (Å²) in [6.45, 7) is 0. The molecule has 0 amide bonds. The minimum atomic E-state index is -4.74. The number of alkyl halides is 3. The summed E-state index contributed by atoms with van der Waals surface area (Å²) in [6, 6.07) is 5.66. The Labute approximate surface area is 136 Å². The molecular formula is C15H15F3N2O3S. The highest BCUT2D eigenvalue weighted by atomic mass is 32.2. The molecule has 0 spiro atoms. The Hall–Kier alpha value is -1.90. The summed E-state index contributed by atoms with van der Waals surface area (Å²) in [4.78, 5) is 3.36. The average Bonchev–Trinajstić information content (AvgIpc) is 3.06. The lowest BCUT2D eigenvalue weighted by atomic mass is 10.0. The van der Waals surface area contributed by atoms with Crippen molar-refractivity contribution in [2.45, 2.75) is 48.4 Å². The smallest absolute Gasteiger partial charge is 0.329 e. The van der Waals surface area contributed by atoms with E-state index in [2.05, 4.69) is 14.7 Å². The van der Waals surface area contributed by atoms with Crippen molar-refractivity contribution in [2.24, 2.45) is 0 Å². The Balaban J connectivity index is 1.93. The van der Waals surface area contributed by atoms with Gasteiger partial charge in [0, 0.05) is 5.56 Å². The van der Waals surface area contributed by atoms with E-state index in [9.17, 15) is 21.6 Å². The van der Waals surface area contributed by atoms with Crippen molar-refractivity contribution in [2.75, 3.05) is 0 Å². The highest BCUT2D eigenvalue weighted by Crippen LogP contribution is 2.32. The third kappa shape index (κ3) is 3.31. The van der Waals surface area contributed by atoms with Gasteiger partial charge in [0.2, 0.25) is 5.82 Å². The van der Waals surface area contributed by atoms with Gasteiger partial charge in [-0.3, -0.25) is 0 Å². The summed E-state index contributed by atoms with van der Waals surface area (Å²) >= 11 is 0. The van der Waals surface area contributed by atoms with Crippen LogP contribution in [-0.4, -0.2) is 23.8 Å². The molecule has 0 bridgehead atoms. The van der Waals surface area contributed by atoms with Gasteiger partial charge >= 0.3 is 12.1 Å². The third-order valence-corrected chi connectivity index (χ3v) is 6.34. The molecular weight excluding hydrogens is 345 g/mol. The maximum Gasteiger partial charge on any atom is 0.471 e. The van der Waals surface area contributed by atoms with Gasteiger partial charge in [0.05, 0.1) is 10.1 Å². The Morgan fingerprint density at radius 3 is 2.46 bits per heavy atom. The number of hydrogen-bond acceptors (Lipinski definition) is 5. The second-order valence-corrected chi connectivity index (χ2v) is 7.98. The van der Waals surface area contributed by atoms with Crippen LogP contribution >= 0.6 is 0 Å². The lowest BCUT2D eigenvalue weighted by molar-refractivity contribution is -0.159. The van der Waals surface area contributed by atoms with Crippen molar-refractivity contribution in [3.8, 4) is 11.4 Å². The molecule has 0 aliphatic heterocycles. The predicted molar refractivity (Wildman–Crippen MR) is 78.8 cm³/mol. The summed E-state index contributed by atoms with van der Waals surface area (Å²) < 4.78 is 67.2. The lowest BCUT2D eigenvalue weighted by Gasteiger charge is -2.21. The second-order valence-electron chi connectivity index (χ2n) is 5.75. The molecule has 9 heteroatoms. The molecule has 1 aliphatic rings. The third-order valence-electron chi connectivity index (χ3n) is 4.08. The van der Waals surface area contributed by atoms with E-state index in [4.69, 9.17) is 0 Å². The molecule has 3 rings (SSSR count). The minimum absolute atomic E-state index is 0.0743. The van der Waals surface area contributed by atoms with Gasteiger partial charge in [-0.1, -0.05) is 36.6 Å². The number of sulfone groups is 1. The first-order valence-corrected chi connectivity index (χ1v) is 9.08. The molecule has 0 saturated heterocycles. The summed E-state index contributed by atoms with van der Waals surface area (Å²) in [5.74, 6) is -1.75. The van der Waals surface area contributed by atoms with Gasteiger partial charge in [-0.05, 0) is 25.0 Å². The van der Waals surface area contributed by atoms with E-state index < -0.39 is 27.2 Å². The van der Waals surface area contributed by atoms with Crippen LogP contribution < -0.4 is 0 Å². The maximum atomic E-state index is 12.7. The van der Waals surface area contributed by atoms with Crippen molar-refractivity contribution in [3.05, 3.63) is 30.2 Å². The fourth-order valence-corrected chi connectivity index (χ4v) is 4.73. The second kappa shape index (κ2) is 6.19. The standard InChI is InChI=1S/C15H15F3N2O3S/c16-15(17,18)14-19-13(20-23-14)10-5-4-8-12(9-10)24(21,22)11-6-2-1-3-7-11/h4-5,8-9,11H,1-3,6-7H2. The molecule has 0 unspecified atom stereocenters. The topological polar surface area (TPSA) is 73.1 Å². The first-order valence-electron chi connectivity index (χ1n) is 7.54. The van der Waals surface area contributed by atoms with Crippen LogP contribution in [0.3, 0.4) is 0 Å². The number of aromatic nitrogens is 2. The molecule has 130 valence electrons. The first kappa shape index (κ1) is 16.9. The van der Waals surface area contributed by atoms with Gasteiger partial charge in [0.25, 0.3) is 0 Å². The van der Waals surface area contributed by atoms with Gasteiger partial charge in [0.1, 0.15) is 0 Å². The van der Waals surface area contributed by atoms with Gasteiger partial charge in [0.15, 0.2) is 9.84 Å². The normalized spacial score (nSPS) is 17.1. The number of halogens is 3. The van der Waals surface area contributed by atoms with E-state index in [1.807, 2.05) is 0 Å². The summed E-state index contributed by atoms with van der Waals surface area (Å²) in [7, 11) is -3.52. The summed E-state index contributed by atoms with van der Waals surface area (Å²) in [5, 5.41) is 2.84. The van der Waals surface area contributed by atoms with Crippen molar-refractivity contribution < 1.29 is 26.1 Å². The van der Waals surface area contributed by atoms with Crippen LogP contribution in [0.2, 0.25) is 0 Å². The molecule has 0 atom stereocenters. The van der Waals surface area contributed by atoms with Crippen LogP contribution in [0.25, 0.3) is 11.4 Å².